The highest BCUT2D eigenvalue weighted by Crippen LogP contribution is 2.24. The number of hydrogen-bond donors (Lipinski definition) is 1. The number of amides is 1. The molecule has 25 heavy (non-hydrogen) atoms. The van der Waals surface area contributed by atoms with Crippen LogP contribution in [-0.2, 0) is 11.3 Å². The maximum Gasteiger partial charge on any atom is 0.410 e. The van der Waals surface area contributed by atoms with E-state index in [-0.39, 0.29) is 6.09 Å². The number of fused-ring (bicyclic) bond motifs is 1. The van der Waals surface area contributed by atoms with Gasteiger partial charge in [0.15, 0.2) is 0 Å². The summed E-state index contributed by atoms with van der Waals surface area (Å²) in [6, 6.07) is 6.39. The van der Waals surface area contributed by atoms with Crippen molar-refractivity contribution in [2.24, 2.45) is 0 Å². The van der Waals surface area contributed by atoms with Crippen molar-refractivity contribution in [2.45, 2.75) is 27.3 Å². The molecule has 0 aliphatic carbocycles. The van der Waals surface area contributed by atoms with Gasteiger partial charge in [0.05, 0.1) is 38.3 Å². The molecule has 6 heteroatoms. The fraction of sp³-hybridized carbons (Fsp3) is 0.474. The van der Waals surface area contributed by atoms with E-state index in [1.807, 2.05) is 6.92 Å². The van der Waals surface area contributed by atoms with Crippen LogP contribution in [0.25, 0.3) is 10.9 Å². The molecule has 0 unspecified atom stereocenters. The topological polar surface area (TPSA) is 46.9 Å². The summed E-state index contributed by atoms with van der Waals surface area (Å²) >= 11 is 6.46. The van der Waals surface area contributed by atoms with Crippen LogP contribution in [0.2, 0.25) is 5.15 Å². The van der Waals surface area contributed by atoms with E-state index in [0.717, 1.165) is 36.1 Å². The highest BCUT2D eigenvalue weighted by atomic mass is 35.5. The molecular formula is C19H25ClN3O2+. The second kappa shape index (κ2) is 7.58. The van der Waals surface area contributed by atoms with Crippen LogP contribution in [0.5, 0.6) is 0 Å². The first kappa shape index (κ1) is 18.0. The third-order valence-electron chi connectivity index (χ3n) is 4.97. The summed E-state index contributed by atoms with van der Waals surface area (Å²) in [7, 11) is 0. The summed E-state index contributed by atoms with van der Waals surface area (Å²) < 4.78 is 5.07. The quantitative estimate of drug-likeness (QED) is 0.853. The molecule has 1 aliphatic rings. The average molecular weight is 363 g/mol. The standard InChI is InChI=1S/C19H24ClN3O2/c1-4-25-19(24)23-9-7-22(8-10-23)12-16-11-15-6-5-13(2)14(3)17(15)21-18(16)20/h5-6,11H,4,7-10,12H2,1-3H3/p+1. The van der Waals surface area contributed by atoms with Gasteiger partial charge in [-0.15, -0.1) is 0 Å². The average Bonchev–Trinajstić information content (AvgIpc) is 2.60. The van der Waals surface area contributed by atoms with Crippen LogP contribution < -0.4 is 4.90 Å². The van der Waals surface area contributed by atoms with Crippen LogP contribution in [0.15, 0.2) is 18.2 Å². The number of aromatic nitrogens is 1. The monoisotopic (exact) mass is 362 g/mol. The lowest BCUT2D eigenvalue weighted by Gasteiger charge is -2.31. The minimum absolute atomic E-state index is 0.210. The van der Waals surface area contributed by atoms with E-state index in [2.05, 4.69) is 37.0 Å². The summed E-state index contributed by atoms with van der Waals surface area (Å²) in [4.78, 5) is 19.6. The van der Waals surface area contributed by atoms with Gasteiger partial charge < -0.3 is 9.64 Å². The molecule has 1 fully saturated rings. The molecule has 0 spiro atoms. The Labute approximate surface area is 153 Å². The molecule has 0 saturated carbocycles. The number of nitrogens with one attached hydrogen (secondary N) is 1. The predicted octanol–water partition coefficient (Wildman–Crippen LogP) is 2.36. The minimum atomic E-state index is -0.210. The number of quaternary nitrogens is 1. The number of carbonyl (C=O) groups is 1. The van der Waals surface area contributed by atoms with Crippen LogP contribution in [0.3, 0.4) is 0 Å². The number of aryl methyl sites for hydroxylation is 2. The van der Waals surface area contributed by atoms with Crippen molar-refractivity contribution in [1.29, 1.82) is 0 Å². The van der Waals surface area contributed by atoms with Crippen molar-refractivity contribution in [2.75, 3.05) is 32.8 Å². The van der Waals surface area contributed by atoms with Crippen molar-refractivity contribution >= 4 is 28.6 Å². The van der Waals surface area contributed by atoms with Gasteiger partial charge in [0.2, 0.25) is 0 Å². The van der Waals surface area contributed by atoms with Gasteiger partial charge in [-0.05, 0) is 38.0 Å². The Morgan fingerprint density at radius 2 is 2.04 bits per heavy atom. The summed E-state index contributed by atoms with van der Waals surface area (Å²) in [6.07, 6.45) is -0.210. The first-order valence-corrected chi connectivity index (χ1v) is 9.18. The van der Waals surface area contributed by atoms with Gasteiger partial charge in [0, 0.05) is 10.9 Å². The number of carbonyl (C=O) groups excluding carboxylic acids is 1. The summed E-state index contributed by atoms with van der Waals surface area (Å²) in [5.41, 5.74) is 4.46. The van der Waals surface area contributed by atoms with Crippen LogP contribution >= 0.6 is 11.6 Å². The Hall–Kier alpha value is -1.85. The number of ether oxygens (including phenoxy) is 1. The summed E-state index contributed by atoms with van der Waals surface area (Å²) in [5.74, 6) is 0. The van der Waals surface area contributed by atoms with Gasteiger partial charge in [-0.1, -0.05) is 23.7 Å². The van der Waals surface area contributed by atoms with Gasteiger partial charge in [0.1, 0.15) is 11.7 Å². The Morgan fingerprint density at radius 1 is 1.32 bits per heavy atom. The van der Waals surface area contributed by atoms with Crippen LogP contribution in [0.1, 0.15) is 23.6 Å². The van der Waals surface area contributed by atoms with Gasteiger partial charge in [-0.25, -0.2) is 9.78 Å². The van der Waals surface area contributed by atoms with E-state index in [4.69, 9.17) is 16.3 Å². The van der Waals surface area contributed by atoms with E-state index >= 15 is 0 Å². The number of hydrogen-bond acceptors (Lipinski definition) is 3. The molecule has 1 aromatic heterocycles. The maximum absolute atomic E-state index is 11.8. The van der Waals surface area contributed by atoms with Gasteiger partial charge in [-0.3, -0.25) is 4.90 Å². The number of piperazine rings is 1. The smallest absolute Gasteiger partial charge is 0.410 e. The second-order valence-electron chi connectivity index (χ2n) is 6.63. The molecular weight excluding hydrogens is 338 g/mol. The minimum Gasteiger partial charge on any atom is -0.450 e. The van der Waals surface area contributed by atoms with Crippen molar-refractivity contribution in [1.82, 2.24) is 9.88 Å². The SMILES string of the molecule is CCOC(=O)N1CC[NH+](Cc2cc3ccc(C)c(C)c3nc2Cl)CC1. The third-order valence-corrected chi connectivity index (χ3v) is 5.30. The zero-order chi connectivity index (χ0) is 18.0. The first-order chi connectivity index (χ1) is 12.0. The second-order valence-corrected chi connectivity index (χ2v) is 6.99. The maximum atomic E-state index is 11.8. The van der Waals surface area contributed by atoms with Crippen molar-refractivity contribution in [3.63, 3.8) is 0 Å². The van der Waals surface area contributed by atoms with Crippen molar-refractivity contribution < 1.29 is 14.4 Å². The molecule has 1 aliphatic heterocycles. The molecule has 2 aromatic rings. The highest BCUT2D eigenvalue weighted by Gasteiger charge is 2.25. The zero-order valence-electron chi connectivity index (χ0n) is 15.1. The van der Waals surface area contributed by atoms with E-state index in [1.54, 1.807) is 4.90 Å². The van der Waals surface area contributed by atoms with Crippen molar-refractivity contribution in [3.05, 3.63) is 40.0 Å². The van der Waals surface area contributed by atoms with E-state index in [0.29, 0.717) is 24.8 Å². The molecule has 3 rings (SSSR count). The van der Waals surface area contributed by atoms with E-state index in [1.165, 1.54) is 16.0 Å². The van der Waals surface area contributed by atoms with E-state index < -0.39 is 0 Å². The Kier molecular flexibility index (Phi) is 5.45. The fourth-order valence-electron chi connectivity index (χ4n) is 3.29. The molecule has 1 saturated heterocycles. The number of pyridine rings is 1. The fourth-order valence-corrected chi connectivity index (χ4v) is 3.50. The lowest BCUT2D eigenvalue weighted by Crippen LogP contribution is -3.13. The molecule has 0 bridgehead atoms. The largest absolute Gasteiger partial charge is 0.450 e. The number of halogens is 1. The molecule has 1 amide bonds. The molecule has 0 atom stereocenters. The zero-order valence-corrected chi connectivity index (χ0v) is 15.8. The number of rotatable bonds is 3. The van der Waals surface area contributed by atoms with Gasteiger partial charge in [-0.2, -0.15) is 0 Å². The Bertz CT molecular complexity index is 786. The summed E-state index contributed by atoms with van der Waals surface area (Å²) in [6.45, 7) is 10.5. The van der Waals surface area contributed by atoms with Crippen LogP contribution in [0, 0.1) is 13.8 Å². The highest BCUT2D eigenvalue weighted by molar-refractivity contribution is 6.30. The van der Waals surface area contributed by atoms with Gasteiger partial charge >= 0.3 is 6.09 Å². The van der Waals surface area contributed by atoms with Gasteiger partial charge in [0.25, 0.3) is 0 Å². The van der Waals surface area contributed by atoms with Crippen LogP contribution in [-0.4, -0.2) is 48.8 Å². The molecule has 2 heterocycles. The van der Waals surface area contributed by atoms with Crippen LogP contribution in [0.4, 0.5) is 4.79 Å². The normalized spacial score (nSPS) is 15.6. The number of nitrogens with zero attached hydrogens (tertiary/aromatic N) is 2. The third kappa shape index (κ3) is 3.88. The number of benzene rings is 1. The molecule has 0 radical (unpaired) electrons. The van der Waals surface area contributed by atoms with E-state index in [9.17, 15) is 4.79 Å². The molecule has 1 aromatic carbocycles. The lowest BCUT2D eigenvalue weighted by atomic mass is 10.0. The molecule has 5 nitrogen and oxygen atoms in total. The lowest BCUT2D eigenvalue weighted by molar-refractivity contribution is -0.917. The molecule has 134 valence electrons. The Morgan fingerprint density at radius 3 is 2.72 bits per heavy atom. The molecule has 1 N–H and O–H groups in total. The summed E-state index contributed by atoms with van der Waals surface area (Å²) in [5, 5.41) is 1.72. The Balaban J connectivity index is 1.71. The first-order valence-electron chi connectivity index (χ1n) is 8.80. The van der Waals surface area contributed by atoms with Crippen molar-refractivity contribution in [3.8, 4) is 0 Å². The predicted molar refractivity (Wildman–Crippen MR) is 99.2 cm³/mol.